The van der Waals surface area contributed by atoms with Gasteiger partial charge in [0.25, 0.3) is 0 Å². The maximum absolute atomic E-state index is 12.8. The third-order valence-electron chi connectivity index (χ3n) is 6.71. The first kappa shape index (κ1) is 32.1. The van der Waals surface area contributed by atoms with Gasteiger partial charge in [0.15, 0.2) is 5.78 Å². The molecule has 11 nitrogen and oxygen atoms in total. The van der Waals surface area contributed by atoms with Crippen molar-refractivity contribution in [2.75, 3.05) is 39.0 Å². The minimum Gasteiger partial charge on any atom is -0.410 e. The minimum absolute atomic E-state index is 0. The van der Waals surface area contributed by atoms with Crippen LogP contribution >= 0.6 is 0 Å². The predicted octanol–water partition coefficient (Wildman–Crippen LogP) is 1.62. The molecule has 2 atom stereocenters. The number of rotatable bonds is 8. The molecule has 2 aliphatic heterocycles. The molecule has 3 amide bonds. The van der Waals surface area contributed by atoms with Crippen molar-refractivity contribution in [3.8, 4) is 5.75 Å². The molecule has 0 bridgehead atoms. The number of piperazine rings is 1. The van der Waals surface area contributed by atoms with Gasteiger partial charge in [-0.1, -0.05) is 32.9 Å². The number of ether oxygens (including phenoxy) is 1. The van der Waals surface area contributed by atoms with Crippen LogP contribution in [-0.4, -0.2) is 97.3 Å². The number of amides is 3. The van der Waals surface area contributed by atoms with Gasteiger partial charge in [0.05, 0.1) is 18.2 Å². The zero-order valence-corrected chi connectivity index (χ0v) is 31.2. The number of Topliss-reactive ketones (excluding diaryl/α,β-unsaturated/α-hetero) is 1. The van der Waals surface area contributed by atoms with E-state index in [1.807, 2.05) is 20.8 Å². The minimum atomic E-state index is -3.52. The Kier molecular flexibility index (Phi) is 10.3. The van der Waals surface area contributed by atoms with E-state index in [1.54, 1.807) is 40.5 Å². The Bertz CT molecular complexity index is 1180. The zero-order valence-electron chi connectivity index (χ0n) is 24.0. The van der Waals surface area contributed by atoms with E-state index in [4.69, 9.17) is 4.74 Å². The van der Waals surface area contributed by atoms with E-state index in [-0.39, 0.29) is 30.1 Å². The molecule has 2 saturated heterocycles. The van der Waals surface area contributed by atoms with E-state index in [9.17, 15) is 27.6 Å². The molecule has 0 saturated carbocycles. The number of sulfonamides is 1. The second kappa shape index (κ2) is 12.8. The summed E-state index contributed by atoms with van der Waals surface area (Å²) in [5.74, 6) is -0.439. The van der Waals surface area contributed by atoms with Gasteiger partial charge in [0, 0.05) is 32.7 Å². The average Bonchev–Trinajstić information content (AvgIpc) is 3.35. The Morgan fingerprint density at radius 2 is 1.60 bits per heavy atom. The van der Waals surface area contributed by atoms with Gasteiger partial charge in [0.2, 0.25) is 15.9 Å². The number of hydrogen-bond acceptors (Lipinski definition) is 7. The predicted molar refractivity (Wildman–Crippen MR) is 145 cm³/mol. The summed E-state index contributed by atoms with van der Waals surface area (Å²) in [4.78, 5) is 53.3. The van der Waals surface area contributed by atoms with E-state index in [1.165, 1.54) is 11.2 Å². The van der Waals surface area contributed by atoms with Crippen LogP contribution in [-0.2, 0) is 30.8 Å². The van der Waals surface area contributed by atoms with Gasteiger partial charge in [-0.2, -0.15) is 4.31 Å². The van der Waals surface area contributed by atoms with Crippen LogP contribution in [0, 0.1) is 11.8 Å². The SMILES string of the molecule is CC(=O)[C@H](Cc1ccc(OC(=O)N2CCN(C(=O)[CH-]C(C)(C)C)CC2)cc1)NC(=O)C1CCCN1S(C)(=O)=O.[Rf]. The van der Waals surface area contributed by atoms with Crippen LogP contribution in [0.2, 0.25) is 0 Å². The van der Waals surface area contributed by atoms with Crippen molar-refractivity contribution in [2.45, 2.75) is 59.0 Å². The number of nitrogens with zero attached hydrogens (tertiary/aromatic N) is 3. The fourth-order valence-corrected chi connectivity index (χ4v) is 5.75. The van der Waals surface area contributed by atoms with Crippen molar-refractivity contribution in [1.29, 1.82) is 0 Å². The maximum atomic E-state index is 12.8. The average molecular weight is 831 g/mol. The van der Waals surface area contributed by atoms with Crippen molar-refractivity contribution < 1.29 is 32.3 Å². The van der Waals surface area contributed by atoms with Gasteiger partial charge in [-0.05, 0) is 43.9 Å². The van der Waals surface area contributed by atoms with Crippen molar-refractivity contribution in [1.82, 2.24) is 19.4 Å². The molecule has 13 heteroatoms. The number of benzene rings is 1. The molecule has 0 spiro atoms. The van der Waals surface area contributed by atoms with Crippen LogP contribution in [0.3, 0.4) is 0 Å². The van der Waals surface area contributed by atoms with Crippen LogP contribution in [0.4, 0.5) is 4.79 Å². The number of carbonyl (C=O) groups excluding carboxylic acids is 4. The molecule has 1 aromatic carbocycles. The summed E-state index contributed by atoms with van der Waals surface area (Å²) in [5, 5.41) is 2.71. The summed E-state index contributed by atoms with van der Waals surface area (Å²) in [6, 6.07) is 5.02. The molecule has 3 rings (SSSR count). The molecule has 2 aliphatic rings. The Morgan fingerprint density at radius 1 is 1.02 bits per heavy atom. The summed E-state index contributed by atoms with van der Waals surface area (Å²) >= 11 is 0. The number of carbonyl (C=O) groups is 4. The van der Waals surface area contributed by atoms with E-state index in [2.05, 4.69) is 5.32 Å². The van der Waals surface area contributed by atoms with E-state index in [0.717, 1.165) is 11.8 Å². The molecule has 2 fully saturated rings. The van der Waals surface area contributed by atoms with Gasteiger partial charge >= 0.3 is 6.09 Å². The molecule has 0 aromatic heterocycles. The third kappa shape index (κ3) is 8.70. The van der Waals surface area contributed by atoms with Crippen LogP contribution in [0.1, 0.15) is 46.1 Å². The Hall–Kier alpha value is -4.12. The second-order valence-electron chi connectivity index (χ2n) is 11.2. The van der Waals surface area contributed by atoms with Gasteiger partial charge < -0.3 is 24.6 Å². The fraction of sp³-hybridized carbons (Fsp3) is 0.593. The Morgan fingerprint density at radius 3 is 2.12 bits per heavy atom. The van der Waals surface area contributed by atoms with E-state index in [0.29, 0.717) is 44.8 Å². The maximum Gasteiger partial charge on any atom is 0.415 e. The first-order valence-electron chi connectivity index (χ1n) is 13.1. The number of hydrogen-bond donors (Lipinski definition) is 1. The van der Waals surface area contributed by atoms with Crippen molar-refractivity contribution in [3.05, 3.63) is 36.2 Å². The van der Waals surface area contributed by atoms with E-state index < -0.39 is 34.1 Å². The first-order chi connectivity index (χ1) is 18.1. The standard InChI is InChI=1S/C27H39N4O7S.Rf/c1-19(32)22(28-25(34)23-7-6-12-31(23)39(5,36)37)17-20-8-10-21(11-9-20)38-26(35)30-15-13-29(14-16-30)24(33)18-27(2,3)4;/h8-11,18,22-23H,6-7,12-17H2,1-5H3,(H,28,34);/q-1;/t22-,23?;/m0./s1. The van der Waals surface area contributed by atoms with Crippen LogP contribution < -0.4 is 10.1 Å². The van der Waals surface area contributed by atoms with Crippen molar-refractivity contribution in [2.24, 2.45) is 5.41 Å². The molecule has 1 aromatic rings. The molecule has 218 valence electrons. The molecule has 0 radical (unpaired) electrons. The van der Waals surface area contributed by atoms with Gasteiger partial charge in [-0.15, -0.1) is 5.41 Å². The molecule has 1 N–H and O–H groups in total. The summed E-state index contributed by atoms with van der Waals surface area (Å²) in [6.45, 7) is 9.16. The fourth-order valence-electron chi connectivity index (χ4n) is 4.63. The second-order valence-corrected chi connectivity index (χ2v) is 13.2. The zero-order chi connectivity index (χ0) is 29.0. The first-order valence-corrected chi connectivity index (χ1v) is 15.0. The molecule has 2 heterocycles. The van der Waals surface area contributed by atoms with E-state index >= 15 is 0 Å². The molecular weight excluding hydrogens is 791 g/mol. The summed E-state index contributed by atoms with van der Waals surface area (Å²) in [6.07, 6.45) is 3.45. The quantitative estimate of drug-likeness (QED) is 0.394. The topological polar surface area (TPSA) is 133 Å². The summed E-state index contributed by atoms with van der Waals surface area (Å²) < 4.78 is 30.6. The Labute approximate surface area is 230 Å². The molecule has 1 unspecified atom stereocenters. The van der Waals surface area contributed by atoms with Crippen molar-refractivity contribution >= 4 is 33.7 Å². The Balaban J connectivity index is 0.00000560. The number of ketones is 1. The van der Waals surface area contributed by atoms with Crippen LogP contribution in [0.5, 0.6) is 5.75 Å². The monoisotopic (exact) mass is 830 g/mol. The third-order valence-corrected chi connectivity index (χ3v) is 8.00. The summed E-state index contributed by atoms with van der Waals surface area (Å²) in [7, 11) is -3.52. The largest absolute Gasteiger partial charge is 0.415 e. The number of nitrogens with one attached hydrogen (secondary N) is 1. The van der Waals surface area contributed by atoms with Crippen molar-refractivity contribution in [3.63, 3.8) is 0 Å². The molecule has 40 heavy (non-hydrogen) atoms. The molecule has 0 aliphatic carbocycles. The van der Waals surface area contributed by atoms with Crippen LogP contribution in [0.15, 0.2) is 24.3 Å². The smallest absolute Gasteiger partial charge is 0.410 e. The van der Waals surface area contributed by atoms with Crippen LogP contribution in [0.25, 0.3) is 0 Å². The van der Waals surface area contributed by atoms with Gasteiger partial charge in [-0.3, -0.25) is 16.0 Å². The van der Waals surface area contributed by atoms with Gasteiger partial charge in [-0.25, -0.2) is 13.2 Å². The van der Waals surface area contributed by atoms with Gasteiger partial charge in [0.1, 0.15) is 11.8 Å². The normalized spacial score (nSPS) is 18.9. The summed E-state index contributed by atoms with van der Waals surface area (Å²) in [5.41, 5.74) is 0.522. The molecular formula is C27H39N4O7RfS-.